The van der Waals surface area contributed by atoms with Gasteiger partial charge in [0.05, 0.1) is 17.2 Å². The molecule has 0 saturated carbocycles. The molecule has 1 heterocycles. The lowest BCUT2D eigenvalue weighted by atomic mass is 10.1. The number of amides is 2. The topological polar surface area (TPSA) is 104 Å². The smallest absolute Gasteiger partial charge is 0.417 e. The molecule has 10 heteroatoms. The van der Waals surface area contributed by atoms with Gasteiger partial charge in [0.2, 0.25) is 5.91 Å². The molecule has 0 radical (unpaired) electrons. The summed E-state index contributed by atoms with van der Waals surface area (Å²) in [5, 5.41) is 15.4. The minimum Gasteiger partial charge on any atom is -0.457 e. The van der Waals surface area contributed by atoms with Crippen LogP contribution in [0.1, 0.15) is 28.4 Å². The van der Waals surface area contributed by atoms with Gasteiger partial charge < -0.3 is 15.4 Å². The fraction of sp³-hybridized carbons (Fsp3) is 0.0769. The number of ether oxygens (including phenoxy) is 1. The molecular formula is C26H17F3N4O3. The molecule has 0 bridgehead atoms. The number of benzene rings is 3. The van der Waals surface area contributed by atoms with Crippen LogP contribution in [0.15, 0.2) is 72.9 Å². The lowest BCUT2D eigenvalue weighted by Gasteiger charge is -2.12. The number of hydrogen-bond donors (Lipinski definition) is 2. The number of rotatable bonds is 5. The van der Waals surface area contributed by atoms with Crippen molar-refractivity contribution in [3.05, 3.63) is 89.6 Å². The van der Waals surface area contributed by atoms with Gasteiger partial charge in [-0.25, -0.2) is 4.98 Å². The van der Waals surface area contributed by atoms with Gasteiger partial charge in [-0.05, 0) is 59.3 Å². The number of fused-ring (bicyclic) bond motifs is 1. The third kappa shape index (κ3) is 5.59. The van der Waals surface area contributed by atoms with Crippen LogP contribution in [0.4, 0.5) is 24.7 Å². The second-order valence-corrected chi connectivity index (χ2v) is 7.71. The van der Waals surface area contributed by atoms with Crippen molar-refractivity contribution >= 4 is 34.1 Å². The molecule has 0 atom stereocenters. The average Bonchev–Trinajstić information content (AvgIpc) is 2.83. The maximum Gasteiger partial charge on any atom is 0.417 e. The van der Waals surface area contributed by atoms with Crippen molar-refractivity contribution in [2.75, 3.05) is 10.6 Å². The Balaban J connectivity index is 1.56. The van der Waals surface area contributed by atoms with Crippen molar-refractivity contribution < 1.29 is 27.5 Å². The Kier molecular flexibility index (Phi) is 6.56. The van der Waals surface area contributed by atoms with Crippen LogP contribution < -0.4 is 15.4 Å². The summed E-state index contributed by atoms with van der Waals surface area (Å²) in [4.78, 5) is 28.0. The molecule has 0 aliphatic rings. The van der Waals surface area contributed by atoms with Crippen LogP contribution >= 0.6 is 0 Å². The molecule has 2 N–H and O–H groups in total. The number of nitrogens with zero attached hydrogens (tertiary/aromatic N) is 2. The zero-order valence-electron chi connectivity index (χ0n) is 18.7. The number of aromatic nitrogens is 1. The van der Waals surface area contributed by atoms with Crippen LogP contribution in [0.2, 0.25) is 0 Å². The Hall–Kier alpha value is -4.91. The number of nitrogens with one attached hydrogen (secondary N) is 2. The van der Waals surface area contributed by atoms with Gasteiger partial charge in [0.15, 0.2) is 0 Å². The summed E-state index contributed by atoms with van der Waals surface area (Å²) in [5.74, 6) is 0.336. The van der Waals surface area contributed by atoms with Crippen molar-refractivity contribution in [2.24, 2.45) is 0 Å². The van der Waals surface area contributed by atoms with E-state index in [0.29, 0.717) is 22.7 Å². The van der Waals surface area contributed by atoms with Crippen LogP contribution in [-0.2, 0) is 11.0 Å². The highest BCUT2D eigenvalue weighted by Gasteiger charge is 2.34. The summed E-state index contributed by atoms with van der Waals surface area (Å²) in [6.45, 7) is 1.36. The highest BCUT2D eigenvalue weighted by Crippen LogP contribution is 2.34. The maximum atomic E-state index is 13.2. The zero-order chi connectivity index (χ0) is 25.9. The van der Waals surface area contributed by atoms with Crippen LogP contribution in [0.5, 0.6) is 11.5 Å². The normalized spacial score (nSPS) is 11.0. The molecule has 3 aromatic carbocycles. The van der Waals surface area contributed by atoms with E-state index < -0.39 is 23.2 Å². The lowest BCUT2D eigenvalue weighted by molar-refractivity contribution is -0.137. The molecule has 1 aromatic heterocycles. The molecule has 2 amide bonds. The molecule has 180 valence electrons. The summed E-state index contributed by atoms with van der Waals surface area (Å²) in [6.07, 6.45) is -3.25. The van der Waals surface area contributed by atoms with Crippen molar-refractivity contribution in [3.63, 3.8) is 0 Å². The van der Waals surface area contributed by atoms with Gasteiger partial charge in [-0.15, -0.1) is 0 Å². The number of nitriles is 1. The van der Waals surface area contributed by atoms with E-state index in [1.54, 1.807) is 48.5 Å². The first kappa shape index (κ1) is 24.2. The molecule has 0 unspecified atom stereocenters. The highest BCUT2D eigenvalue weighted by atomic mass is 19.4. The van der Waals surface area contributed by atoms with E-state index >= 15 is 0 Å². The molecule has 0 saturated heterocycles. The molecular weight excluding hydrogens is 473 g/mol. The summed E-state index contributed by atoms with van der Waals surface area (Å²) in [7, 11) is 0. The van der Waals surface area contributed by atoms with Crippen molar-refractivity contribution in [1.82, 2.24) is 4.98 Å². The minimum absolute atomic E-state index is 0.0869. The number of halogens is 3. The second-order valence-electron chi connectivity index (χ2n) is 7.71. The van der Waals surface area contributed by atoms with E-state index in [0.717, 1.165) is 17.5 Å². The monoisotopic (exact) mass is 490 g/mol. The van der Waals surface area contributed by atoms with E-state index in [-0.39, 0.29) is 17.2 Å². The van der Waals surface area contributed by atoms with Gasteiger partial charge in [-0.1, -0.05) is 12.1 Å². The summed E-state index contributed by atoms with van der Waals surface area (Å²) < 4.78 is 45.5. The molecule has 0 spiro atoms. The Morgan fingerprint density at radius 3 is 2.39 bits per heavy atom. The quantitative estimate of drug-likeness (QED) is 0.350. The van der Waals surface area contributed by atoms with Gasteiger partial charge in [0.25, 0.3) is 5.91 Å². The first-order valence-electron chi connectivity index (χ1n) is 10.5. The number of hydrogen-bond acceptors (Lipinski definition) is 5. The van der Waals surface area contributed by atoms with E-state index in [1.165, 1.54) is 25.3 Å². The lowest BCUT2D eigenvalue weighted by Crippen LogP contribution is -2.14. The minimum atomic E-state index is -4.73. The average molecular weight is 490 g/mol. The van der Waals surface area contributed by atoms with Crippen molar-refractivity contribution in [3.8, 4) is 17.6 Å². The Bertz CT molecular complexity index is 1530. The van der Waals surface area contributed by atoms with E-state index in [4.69, 9.17) is 10.00 Å². The Morgan fingerprint density at radius 1 is 0.917 bits per heavy atom. The van der Waals surface area contributed by atoms with Gasteiger partial charge in [-0.2, -0.15) is 18.4 Å². The highest BCUT2D eigenvalue weighted by molar-refractivity contribution is 6.06. The number of carbonyl (C=O) groups excluding carboxylic acids is 2. The molecule has 0 fully saturated rings. The van der Waals surface area contributed by atoms with Gasteiger partial charge in [-0.3, -0.25) is 9.59 Å². The third-order valence-electron chi connectivity index (χ3n) is 5.05. The molecule has 36 heavy (non-hydrogen) atoms. The second kappa shape index (κ2) is 9.76. The molecule has 0 aliphatic heterocycles. The fourth-order valence-corrected chi connectivity index (χ4v) is 3.45. The first-order chi connectivity index (χ1) is 17.1. The Morgan fingerprint density at radius 2 is 1.67 bits per heavy atom. The number of alkyl halides is 3. The summed E-state index contributed by atoms with van der Waals surface area (Å²) in [5.41, 5.74) is -1.52. The van der Waals surface area contributed by atoms with Gasteiger partial charge in [0, 0.05) is 30.4 Å². The molecule has 0 aliphatic carbocycles. The van der Waals surface area contributed by atoms with Crippen LogP contribution in [0.3, 0.4) is 0 Å². The molecule has 7 nitrogen and oxygen atoms in total. The number of anilines is 2. The largest absolute Gasteiger partial charge is 0.457 e. The summed E-state index contributed by atoms with van der Waals surface area (Å²) >= 11 is 0. The zero-order valence-corrected chi connectivity index (χ0v) is 18.7. The first-order valence-corrected chi connectivity index (χ1v) is 10.5. The van der Waals surface area contributed by atoms with E-state index in [1.807, 2.05) is 0 Å². The van der Waals surface area contributed by atoms with Gasteiger partial charge in [0.1, 0.15) is 17.3 Å². The maximum absolute atomic E-state index is 13.2. The fourth-order valence-electron chi connectivity index (χ4n) is 3.45. The van der Waals surface area contributed by atoms with Crippen LogP contribution in [0.25, 0.3) is 10.8 Å². The van der Waals surface area contributed by atoms with Crippen LogP contribution in [0, 0.1) is 11.3 Å². The summed E-state index contributed by atoms with van der Waals surface area (Å²) in [6, 6.07) is 17.7. The SMILES string of the molecule is CC(=O)Nc1cc(Oc2ccc3ccc(C(=O)Nc4ccc(C#N)c(C(F)(F)F)c4)cc3c2)ccn1. The molecule has 4 rings (SSSR count). The predicted octanol–water partition coefficient (Wildman–Crippen LogP) is 6.13. The van der Waals surface area contributed by atoms with Crippen molar-refractivity contribution in [2.45, 2.75) is 13.1 Å². The number of pyridine rings is 1. The van der Waals surface area contributed by atoms with E-state index in [2.05, 4.69) is 15.6 Å². The van der Waals surface area contributed by atoms with E-state index in [9.17, 15) is 22.8 Å². The third-order valence-corrected chi connectivity index (χ3v) is 5.05. The Labute approximate surface area is 203 Å². The van der Waals surface area contributed by atoms with Crippen molar-refractivity contribution in [1.29, 1.82) is 5.26 Å². The predicted molar refractivity (Wildman–Crippen MR) is 127 cm³/mol. The van der Waals surface area contributed by atoms with Gasteiger partial charge >= 0.3 is 6.18 Å². The standard InChI is InChI=1S/C26H17F3N4O3/c1-15(34)32-24-13-22(8-9-31-24)36-21-7-5-16-2-3-17(10-19(16)11-21)25(35)33-20-6-4-18(14-30)23(12-20)26(27,28)29/h2-13H,1H3,(H,33,35)(H,31,32,34). The molecule has 4 aromatic rings. The van der Waals surface area contributed by atoms with Crippen LogP contribution in [-0.4, -0.2) is 16.8 Å². The number of carbonyl (C=O) groups is 2.